The molecule has 18 heavy (non-hydrogen) atoms. The first kappa shape index (κ1) is 14.1. The van der Waals surface area contributed by atoms with Gasteiger partial charge in [-0.3, -0.25) is 0 Å². The van der Waals surface area contributed by atoms with Crippen LogP contribution in [0.4, 0.5) is 5.95 Å². The Hall–Kier alpha value is -0.365. The van der Waals surface area contributed by atoms with Crippen molar-refractivity contribution in [3.63, 3.8) is 0 Å². The molecule has 0 fully saturated rings. The molecular formula is C11H16HgN5S-. The molecule has 94 valence electrons. The van der Waals surface area contributed by atoms with Gasteiger partial charge in [-0.1, -0.05) is 0 Å². The fourth-order valence-electron chi connectivity index (χ4n) is 1.76. The van der Waals surface area contributed by atoms with Crippen LogP contribution in [0, 0.1) is 0 Å². The minimum absolute atomic E-state index is 0.310. The number of unbranched alkanes of at least 4 members (excludes halogenated alkanes) is 3. The Bertz CT molecular complexity index is 501. The summed E-state index contributed by atoms with van der Waals surface area (Å²) in [5, 5.41) is 0.951. The zero-order valence-electron chi connectivity index (χ0n) is 10.6. The van der Waals surface area contributed by atoms with Crippen molar-refractivity contribution >= 4 is 25.4 Å². The molecule has 0 aliphatic heterocycles. The van der Waals surface area contributed by atoms with Gasteiger partial charge in [-0.25, -0.2) is 0 Å². The monoisotopic (exact) mass is 452 g/mol. The molecule has 0 aliphatic rings. The number of nitrogens with two attached hydrogens (primary N) is 1. The van der Waals surface area contributed by atoms with Crippen LogP contribution in [0.15, 0.2) is 11.4 Å². The predicted molar refractivity (Wildman–Crippen MR) is 69.9 cm³/mol. The number of hydrogen-bond donors (Lipinski definition) is 1. The van der Waals surface area contributed by atoms with Crippen molar-refractivity contribution in [1.82, 2.24) is 19.9 Å². The third-order valence-corrected chi connectivity index (χ3v) is 14.6. The van der Waals surface area contributed by atoms with E-state index in [1.54, 1.807) is 0 Å². The Balaban J connectivity index is 1.89. The van der Waals surface area contributed by atoms with E-state index in [1.165, 1.54) is 35.9 Å². The molecule has 2 N–H and O–H groups in total. The number of nitrogen functional groups attached to an aromatic ring is 1. The summed E-state index contributed by atoms with van der Waals surface area (Å²) in [6.45, 7) is 2.24. The van der Waals surface area contributed by atoms with Gasteiger partial charge in [0.15, 0.2) is 0 Å². The van der Waals surface area contributed by atoms with Crippen LogP contribution in [0.1, 0.15) is 32.6 Å². The van der Waals surface area contributed by atoms with Crippen LogP contribution in [-0.4, -0.2) is 15.0 Å². The van der Waals surface area contributed by atoms with Crippen molar-refractivity contribution in [2.45, 2.75) is 41.6 Å². The molecule has 0 bridgehead atoms. The van der Waals surface area contributed by atoms with Gasteiger partial charge in [0.25, 0.3) is 0 Å². The average Bonchev–Trinajstić information content (AvgIpc) is 2.81. The number of aromatic nitrogens is 4. The molecule has 5 nitrogen and oxygen atoms in total. The first-order chi connectivity index (χ1) is 8.81. The fourth-order valence-corrected chi connectivity index (χ4v) is 12.8. The molecule has 2 aromatic heterocycles. The number of rotatable bonds is 7. The molecule has 0 atom stereocenters. The molecule has 0 saturated carbocycles. The Morgan fingerprint density at radius 3 is 3.06 bits per heavy atom. The van der Waals surface area contributed by atoms with E-state index in [1.807, 2.05) is 8.24 Å². The molecule has 2 heterocycles. The van der Waals surface area contributed by atoms with Gasteiger partial charge in [-0.2, -0.15) is 0 Å². The summed E-state index contributed by atoms with van der Waals surface area (Å²) < 4.78 is 1.42. The van der Waals surface area contributed by atoms with Gasteiger partial charge in [-0.15, -0.1) is 0 Å². The minimum atomic E-state index is -0.938. The summed E-state index contributed by atoms with van der Waals surface area (Å²) in [5.41, 5.74) is 7.13. The SMILES string of the molecule is CCCCC[CH2][Hg][S]c1nc(N)nc2[n-]cnc12. The van der Waals surface area contributed by atoms with Crippen LogP contribution in [-0.2, 0) is 23.1 Å². The van der Waals surface area contributed by atoms with Gasteiger partial charge in [0.2, 0.25) is 0 Å². The second kappa shape index (κ2) is 7.28. The first-order valence-corrected chi connectivity index (χ1v) is 18.0. The van der Waals surface area contributed by atoms with E-state index >= 15 is 0 Å². The van der Waals surface area contributed by atoms with Gasteiger partial charge < -0.3 is 0 Å². The summed E-state index contributed by atoms with van der Waals surface area (Å²) in [7, 11) is 1.92. The van der Waals surface area contributed by atoms with Crippen LogP contribution in [0.3, 0.4) is 0 Å². The molecule has 0 amide bonds. The molecular weight excluding hydrogens is 435 g/mol. The van der Waals surface area contributed by atoms with Gasteiger partial charge in [0.1, 0.15) is 0 Å². The van der Waals surface area contributed by atoms with Crippen molar-refractivity contribution in [1.29, 1.82) is 0 Å². The molecule has 0 aromatic carbocycles. The molecule has 2 rings (SSSR count). The summed E-state index contributed by atoms with van der Waals surface area (Å²) in [6, 6.07) is 0. The van der Waals surface area contributed by atoms with E-state index in [0.717, 1.165) is 10.5 Å². The molecule has 0 radical (unpaired) electrons. The zero-order chi connectivity index (χ0) is 12.8. The van der Waals surface area contributed by atoms with E-state index < -0.39 is 23.1 Å². The summed E-state index contributed by atoms with van der Waals surface area (Å²) >= 11 is -0.938. The zero-order valence-corrected chi connectivity index (χ0v) is 16.9. The van der Waals surface area contributed by atoms with Gasteiger partial charge in [0.05, 0.1) is 0 Å². The molecule has 0 spiro atoms. The third kappa shape index (κ3) is 3.81. The van der Waals surface area contributed by atoms with E-state index in [0.29, 0.717) is 11.6 Å². The van der Waals surface area contributed by atoms with Crippen LogP contribution in [0.2, 0.25) is 3.93 Å². The van der Waals surface area contributed by atoms with Crippen LogP contribution >= 0.6 is 8.24 Å². The van der Waals surface area contributed by atoms with E-state index in [2.05, 4.69) is 26.9 Å². The number of anilines is 1. The molecule has 0 aliphatic carbocycles. The molecule has 0 unspecified atom stereocenters. The van der Waals surface area contributed by atoms with Gasteiger partial charge in [0, 0.05) is 0 Å². The summed E-state index contributed by atoms with van der Waals surface area (Å²) in [5.74, 6) is 0.310. The van der Waals surface area contributed by atoms with Gasteiger partial charge >= 0.3 is 122 Å². The van der Waals surface area contributed by atoms with E-state index in [-0.39, 0.29) is 0 Å². The molecule has 0 saturated heterocycles. The number of hydrogen-bond acceptors (Lipinski definition) is 5. The topological polar surface area (TPSA) is 78.8 Å². The van der Waals surface area contributed by atoms with Crippen molar-refractivity contribution in [2.75, 3.05) is 5.73 Å². The fraction of sp³-hybridized carbons (Fsp3) is 0.545. The number of fused-ring (bicyclic) bond motifs is 1. The normalized spacial score (nSPS) is 10.7. The maximum atomic E-state index is 5.68. The standard InChI is InChI=1S/C6H13.C5H4N5S.Hg/c1-3-5-6-4-2;6-5-9-3-2(4(11)10-5)7-1-8-3;/h1,3-6H2,2H3;1H,(H3-,6,7,8,9,10,11);/q;-1;+1/p-1. The maximum absolute atomic E-state index is 5.68. The first-order valence-electron chi connectivity index (χ1n) is 6.35. The number of imidazole rings is 1. The van der Waals surface area contributed by atoms with Gasteiger partial charge in [-0.05, 0) is 0 Å². The van der Waals surface area contributed by atoms with E-state index in [4.69, 9.17) is 5.73 Å². The van der Waals surface area contributed by atoms with Crippen molar-refractivity contribution in [3.8, 4) is 0 Å². The van der Waals surface area contributed by atoms with Crippen molar-refractivity contribution in [3.05, 3.63) is 6.33 Å². The van der Waals surface area contributed by atoms with Crippen molar-refractivity contribution in [2.24, 2.45) is 0 Å². The van der Waals surface area contributed by atoms with E-state index in [9.17, 15) is 0 Å². The van der Waals surface area contributed by atoms with Crippen LogP contribution < -0.4 is 10.7 Å². The Morgan fingerprint density at radius 2 is 2.22 bits per heavy atom. The Kier molecular flexibility index (Phi) is 5.68. The summed E-state index contributed by atoms with van der Waals surface area (Å²) in [4.78, 5) is 16.6. The van der Waals surface area contributed by atoms with Crippen molar-refractivity contribution < 1.29 is 23.1 Å². The third-order valence-electron chi connectivity index (χ3n) is 2.70. The van der Waals surface area contributed by atoms with Crippen LogP contribution in [0.5, 0.6) is 0 Å². The second-order valence-corrected chi connectivity index (χ2v) is 16.2. The molecule has 2 aromatic rings. The summed E-state index contributed by atoms with van der Waals surface area (Å²) in [6.07, 6.45) is 6.93. The quantitative estimate of drug-likeness (QED) is 0.397. The number of nitrogens with zero attached hydrogens (tertiary/aromatic N) is 4. The second-order valence-electron chi connectivity index (χ2n) is 4.20. The average molecular weight is 451 g/mol. The predicted octanol–water partition coefficient (Wildman–Crippen LogP) is 2.65. The Morgan fingerprint density at radius 1 is 1.33 bits per heavy atom. The van der Waals surface area contributed by atoms with Crippen LogP contribution in [0.25, 0.3) is 11.2 Å². The molecule has 7 heteroatoms. The Labute approximate surface area is 121 Å².